The molecular formula is C16H26ClN3O2. The average molecular weight is 328 g/mol. The van der Waals surface area contributed by atoms with Crippen molar-refractivity contribution in [2.45, 2.75) is 44.6 Å². The zero-order valence-corrected chi connectivity index (χ0v) is 14.0. The topological polar surface area (TPSA) is 63.1 Å². The summed E-state index contributed by atoms with van der Waals surface area (Å²) in [7, 11) is 1.67. The summed E-state index contributed by atoms with van der Waals surface area (Å²) < 4.78 is 1.45. The SMILES string of the molecule is Cl.Cn1ccc(C(=O)NCCNC2CCCCCC2)cc1=O. The van der Waals surface area contributed by atoms with Crippen LogP contribution in [-0.4, -0.2) is 29.6 Å². The van der Waals surface area contributed by atoms with E-state index in [1.54, 1.807) is 19.3 Å². The van der Waals surface area contributed by atoms with Crippen LogP contribution >= 0.6 is 12.4 Å². The van der Waals surface area contributed by atoms with Crippen molar-refractivity contribution in [2.75, 3.05) is 13.1 Å². The molecule has 6 heteroatoms. The molecule has 0 radical (unpaired) electrons. The number of carbonyl (C=O) groups is 1. The molecule has 0 aromatic carbocycles. The lowest BCUT2D eigenvalue weighted by Gasteiger charge is -2.16. The summed E-state index contributed by atoms with van der Waals surface area (Å²) in [6.07, 6.45) is 9.39. The van der Waals surface area contributed by atoms with E-state index in [0.717, 1.165) is 6.54 Å². The number of hydrogen-bond donors (Lipinski definition) is 2. The van der Waals surface area contributed by atoms with Gasteiger partial charge in [0.1, 0.15) is 0 Å². The van der Waals surface area contributed by atoms with Crippen molar-refractivity contribution in [2.24, 2.45) is 7.05 Å². The summed E-state index contributed by atoms with van der Waals surface area (Å²) in [6, 6.07) is 3.62. The smallest absolute Gasteiger partial charge is 0.251 e. The Hall–Kier alpha value is -1.33. The summed E-state index contributed by atoms with van der Waals surface area (Å²) >= 11 is 0. The van der Waals surface area contributed by atoms with Gasteiger partial charge < -0.3 is 15.2 Å². The highest BCUT2D eigenvalue weighted by molar-refractivity contribution is 5.93. The lowest BCUT2D eigenvalue weighted by atomic mass is 10.1. The molecule has 1 aromatic heterocycles. The first-order valence-corrected chi connectivity index (χ1v) is 7.85. The number of carbonyl (C=O) groups excluding carboxylic acids is 1. The van der Waals surface area contributed by atoms with Gasteiger partial charge in [-0.3, -0.25) is 9.59 Å². The summed E-state index contributed by atoms with van der Waals surface area (Å²) in [5.74, 6) is -0.185. The largest absolute Gasteiger partial charge is 0.351 e. The molecule has 124 valence electrons. The Labute approximate surface area is 137 Å². The van der Waals surface area contributed by atoms with E-state index in [1.165, 1.54) is 49.2 Å². The third kappa shape index (κ3) is 5.81. The molecule has 1 aliphatic carbocycles. The summed E-state index contributed by atoms with van der Waals surface area (Å²) in [5, 5.41) is 6.36. The monoisotopic (exact) mass is 327 g/mol. The second kappa shape index (κ2) is 9.64. The van der Waals surface area contributed by atoms with E-state index in [2.05, 4.69) is 10.6 Å². The van der Waals surface area contributed by atoms with Gasteiger partial charge >= 0.3 is 0 Å². The lowest BCUT2D eigenvalue weighted by Crippen LogP contribution is -2.37. The number of aryl methyl sites for hydroxylation is 1. The van der Waals surface area contributed by atoms with Crippen molar-refractivity contribution in [3.8, 4) is 0 Å². The second-order valence-corrected chi connectivity index (χ2v) is 5.76. The van der Waals surface area contributed by atoms with Crippen LogP contribution < -0.4 is 16.2 Å². The number of nitrogens with one attached hydrogen (secondary N) is 2. The fraction of sp³-hybridized carbons (Fsp3) is 0.625. The molecule has 1 aliphatic rings. The number of halogens is 1. The summed E-state index contributed by atoms with van der Waals surface area (Å²) in [5.41, 5.74) is 0.256. The minimum Gasteiger partial charge on any atom is -0.351 e. The summed E-state index contributed by atoms with van der Waals surface area (Å²) in [4.78, 5) is 23.4. The molecular weight excluding hydrogens is 302 g/mol. The zero-order valence-electron chi connectivity index (χ0n) is 13.1. The molecule has 1 aromatic rings. The van der Waals surface area contributed by atoms with E-state index in [9.17, 15) is 9.59 Å². The van der Waals surface area contributed by atoms with E-state index in [1.807, 2.05) is 0 Å². The Balaban J connectivity index is 0.00000242. The van der Waals surface area contributed by atoms with Crippen LogP contribution in [0.15, 0.2) is 23.1 Å². The van der Waals surface area contributed by atoms with Gasteiger partial charge in [0.15, 0.2) is 0 Å². The molecule has 22 heavy (non-hydrogen) atoms. The third-order valence-corrected chi connectivity index (χ3v) is 4.07. The standard InChI is InChI=1S/C16H25N3O2.ClH/c1-19-11-8-13(12-15(19)20)16(21)18-10-9-17-14-6-4-2-3-5-7-14;/h8,11-12,14,17H,2-7,9-10H2,1H3,(H,18,21);1H. The fourth-order valence-electron chi connectivity index (χ4n) is 2.73. The van der Waals surface area contributed by atoms with E-state index >= 15 is 0 Å². The van der Waals surface area contributed by atoms with Crippen LogP contribution in [-0.2, 0) is 7.05 Å². The van der Waals surface area contributed by atoms with Crippen molar-refractivity contribution in [3.05, 3.63) is 34.2 Å². The fourth-order valence-corrected chi connectivity index (χ4v) is 2.73. The Kier molecular flexibility index (Phi) is 8.20. The van der Waals surface area contributed by atoms with Gasteiger partial charge in [0.25, 0.3) is 11.5 Å². The number of rotatable bonds is 5. The van der Waals surface area contributed by atoms with Crippen molar-refractivity contribution in [3.63, 3.8) is 0 Å². The Morgan fingerprint density at radius 2 is 1.91 bits per heavy atom. The van der Waals surface area contributed by atoms with Crippen molar-refractivity contribution in [1.29, 1.82) is 0 Å². The first kappa shape index (κ1) is 18.7. The molecule has 0 atom stereocenters. The Bertz CT molecular complexity index is 522. The molecule has 0 aliphatic heterocycles. The summed E-state index contributed by atoms with van der Waals surface area (Å²) in [6.45, 7) is 1.37. The van der Waals surface area contributed by atoms with Crippen molar-refractivity contribution < 1.29 is 4.79 Å². The highest BCUT2D eigenvalue weighted by atomic mass is 35.5. The predicted octanol–water partition coefficient (Wildman–Crippen LogP) is 1.85. The normalized spacial score (nSPS) is 15.7. The zero-order chi connectivity index (χ0) is 15.1. The van der Waals surface area contributed by atoms with Gasteiger partial charge in [0.05, 0.1) is 0 Å². The van der Waals surface area contributed by atoms with E-state index in [-0.39, 0.29) is 23.9 Å². The van der Waals surface area contributed by atoms with Crippen molar-refractivity contribution in [1.82, 2.24) is 15.2 Å². The van der Waals surface area contributed by atoms with E-state index < -0.39 is 0 Å². The van der Waals surface area contributed by atoms with Gasteiger partial charge in [-0.1, -0.05) is 25.7 Å². The van der Waals surface area contributed by atoms with Crippen LogP contribution in [0.1, 0.15) is 48.9 Å². The second-order valence-electron chi connectivity index (χ2n) is 5.76. The van der Waals surface area contributed by atoms with Crippen LogP contribution in [0.25, 0.3) is 0 Å². The van der Waals surface area contributed by atoms with Crippen LogP contribution in [0.5, 0.6) is 0 Å². The third-order valence-electron chi connectivity index (χ3n) is 4.07. The van der Waals surface area contributed by atoms with Gasteiger partial charge in [-0.2, -0.15) is 0 Å². The van der Waals surface area contributed by atoms with Gasteiger partial charge in [-0.25, -0.2) is 0 Å². The van der Waals surface area contributed by atoms with E-state index in [4.69, 9.17) is 0 Å². The molecule has 0 saturated heterocycles. The molecule has 1 fully saturated rings. The number of amides is 1. The van der Waals surface area contributed by atoms with Gasteiger partial charge in [0, 0.05) is 44.0 Å². The lowest BCUT2D eigenvalue weighted by molar-refractivity contribution is 0.0953. The predicted molar refractivity (Wildman–Crippen MR) is 90.8 cm³/mol. The maximum absolute atomic E-state index is 11.9. The van der Waals surface area contributed by atoms with Crippen molar-refractivity contribution >= 4 is 18.3 Å². The number of nitrogens with zero attached hydrogens (tertiary/aromatic N) is 1. The molecule has 2 N–H and O–H groups in total. The van der Waals surface area contributed by atoms with Crippen LogP contribution in [0.2, 0.25) is 0 Å². The average Bonchev–Trinajstić information content (AvgIpc) is 2.75. The van der Waals surface area contributed by atoms with Crippen LogP contribution in [0.3, 0.4) is 0 Å². The minimum absolute atomic E-state index is 0. The first-order valence-electron chi connectivity index (χ1n) is 7.85. The van der Waals surface area contributed by atoms with E-state index in [0.29, 0.717) is 18.2 Å². The molecule has 0 bridgehead atoms. The molecule has 1 heterocycles. The molecule has 0 spiro atoms. The molecule has 1 saturated carbocycles. The quantitative estimate of drug-likeness (QED) is 0.641. The highest BCUT2D eigenvalue weighted by Crippen LogP contribution is 2.16. The minimum atomic E-state index is -0.185. The van der Waals surface area contributed by atoms with Crippen LogP contribution in [0, 0.1) is 0 Å². The number of pyridine rings is 1. The molecule has 2 rings (SSSR count). The van der Waals surface area contributed by atoms with Crippen LogP contribution in [0.4, 0.5) is 0 Å². The molecule has 0 unspecified atom stereocenters. The molecule has 1 amide bonds. The Morgan fingerprint density at radius 3 is 2.55 bits per heavy atom. The maximum atomic E-state index is 11.9. The number of aromatic nitrogens is 1. The first-order chi connectivity index (χ1) is 10.2. The maximum Gasteiger partial charge on any atom is 0.251 e. The van der Waals surface area contributed by atoms with Gasteiger partial charge in [-0.05, 0) is 18.9 Å². The number of hydrogen-bond acceptors (Lipinski definition) is 3. The van der Waals surface area contributed by atoms with Gasteiger partial charge in [0.2, 0.25) is 0 Å². The molecule has 5 nitrogen and oxygen atoms in total. The Morgan fingerprint density at radius 1 is 1.23 bits per heavy atom. The highest BCUT2D eigenvalue weighted by Gasteiger charge is 2.11. The van der Waals surface area contributed by atoms with Gasteiger partial charge in [-0.15, -0.1) is 12.4 Å².